The van der Waals surface area contributed by atoms with Crippen molar-refractivity contribution < 1.29 is 18.9 Å². The zero-order valence-electron chi connectivity index (χ0n) is 17.7. The van der Waals surface area contributed by atoms with Gasteiger partial charge in [0.05, 0.1) is 32.4 Å². The summed E-state index contributed by atoms with van der Waals surface area (Å²) in [5, 5.41) is 3.33. The number of rotatable bonds is 5. The van der Waals surface area contributed by atoms with Gasteiger partial charge in [-0.25, -0.2) is 0 Å². The number of furan rings is 1. The summed E-state index contributed by atoms with van der Waals surface area (Å²) < 4.78 is 5.26. The highest BCUT2D eigenvalue weighted by atomic mass is 16.3. The Morgan fingerprint density at radius 2 is 1.77 bits per heavy atom. The maximum absolute atomic E-state index is 13.4. The standard InChI is InChI=1S/C24H31N3O3/c1-18-9-11-19(12-10-18)22(23(28)25-20-6-3-2-4-7-20)26-13-15-27(16-14-26)24(29)21-8-5-17-30-21/h5,8-12,17,20,22H,2-4,6-7,13-16H2,1H3,(H,25,28)/p+1. The summed E-state index contributed by atoms with van der Waals surface area (Å²) in [4.78, 5) is 29.0. The third kappa shape index (κ3) is 4.75. The summed E-state index contributed by atoms with van der Waals surface area (Å²) in [5.74, 6) is 0.424. The van der Waals surface area contributed by atoms with Crippen LogP contribution < -0.4 is 10.2 Å². The minimum Gasteiger partial charge on any atom is -0.459 e. The molecule has 1 atom stereocenters. The van der Waals surface area contributed by atoms with E-state index < -0.39 is 0 Å². The van der Waals surface area contributed by atoms with Crippen molar-refractivity contribution in [2.75, 3.05) is 26.2 Å². The molecule has 2 amide bonds. The van der Waals surface area contributed by atoms with E-state index in [2.05, 4.69) is 36.5 Å². The Morgan fingerprint density at radius 3 is 2.40 bits per heavy atom. The lowest BCUT2D eigenvalue weighted by atomic mass is 9.94. The van der Waals surface area contributed by atoms with E-state index in [1.54, 1.807) is 12.1 Å². The highest BCUT2D eigenvalue weighted by Crippen LogP contribution is 2.19. The molecule has 6 nitrogen and oxygen atoms in total. The minimum absolute atomic E-state index is 0.0717. The van der Waals surface area contributed by atoms with Crippen molar-refractivity contribution in [2.24, 2.45) is 0 Å². The van der Waals surface area contributed by atoms with Gasteiger partial charge in [-0.1, -0.05) is 49.1 Å². The van der Waals surface area contributed by atoms with Crippen LogP contribution in [-0.2, 0) is 4.79 Å². The summed E-state index contributed by atoms with van der Waals surface area (Å²) >= 11 is 0. The molecule has 1 saturated heterocycles. The van der Waals surface area contributed by atoms with Gasteiger partial charge in [-0.2, -0.15) is 0 Å². The number of benzene rings is 1. The minimum atomic E-state index is -0.242. The van der Waals surface area contributed by atoms with Crippen molar-refractivity contribution in [3.05, 3.63) is 59.5 Å². The van der Waals surface area contributed by atoms with Gasteiger partial charge in [-0.05, 0) is 31.9 Å². The molecule has 1 aromatic heterocycles. The van der Waals surface area contributed by atoms with Crippen molar-refractivity contribution in [3.63, 3.8) is 0 Å². The average Bonchev–Trinajstić information content (AvgIpc) is 3.31. The van der Waals surface area contributed by atoms with E-state index in [9.17, 15) is 9.59 Å². The zero-order chi connectivity index (χ0) is 20.9. The van der Waals surface area contributed by atoms with Gasteiger partial charge in [-0.3, -0.25) is 9.59 Å². The summed E-state index contributed by atoms with van der Waals surface area (Å²) in [6, 6.07) is 11.8. The molecule has 6 heteroatoms. The second-order valence-corrected chi connectivity index (χ2v) is 8.61. The van der Waals surface area contributed by atoms with Crippen molar-refractivity contribution in [1.29, 1.82) is 0 Å². The maximum atomic E-state index is 13.4. The molecule has 1 aliphatic carbocycles. The number of quaternary nitrogens is 1. The number of aryl methyl sites for hydroxylation is 1. The van der Waals surface area contributed by atoms with Crippen molar-refractivity contribution in [3.8, 4) is 0 Å². The molecule has 2 aliphatic rings. The molecular formula is C24H32N3O3+. The van der Waals surface area contributed by atoms with Gasteiger partial charge >= 0.3 is 0 Å². The summed E-state index contributed by atoms with van der Waals surface area (Å²) in [6.45, 7) is 4.78. The molecule has 160 valence electrons. The van der Waals surface area contributed by atoms with E-state index in [4.69, 9.17) is 4.42 Å². The number of carbonyl (C=O) groups excluding carboxylic acids is 2. The van der Waals surface area contributed by atoms with E-state index in [1.807, 2.05) is 4.90 Å². The van der Waals surface area contributed by atoms with Crippen molar-refractivity contribution in [1.82, 2.24) is 10.2 Å². The molecule has 2 heterocycles. The van der Waals surface area contributed by atoms with Crippen LogP contribution in [0.3, 0.4) is 0 Å². The predicted molar refractivity (Wildman–Crippen MR) is 114 cm³/mol. The van der Waals surface area contributed by atoms with Crippen LogP contribution >= 0.6 is 0 Å². The second-order valence-electron chi connectivity index (χ2n) is 8.61. The number of piperazine rings is 1. The van der Waals surface area contributed by atoms with Crippen LogP contribution in [0.2, 0.25) is 0 Å². The number of nitrogens with one attached hydrogen (secondary N) is 2. The zero-order valence-corrected chi connectivity index (χ0v) is 17.7. The quantitative estimate of drug-likeness (QED) is 0.794. The number of carbonyl (C=O) groups is 2. The number of hydrogen-bond acceptors (Lipinski definition) is 3. The van der Waals surface area contributed by atoms with E-state index >= 15 is 0 Å². The second kappa shape index (κ2) is 9.47. The van der Waals surface area contributed by atoms with Gasteiger partial charge in [0.1, 0.15) is 0 Å². The highest BCUT2D eigenvalue weighted by Gasteiger charge is 2.36. The molecule has 2 fully saturated rings. The van der Waals surface area contributed by atoms with Gasteiger partial charge < -0.3 is 19.5 Å². The Bertz CT molecular complexity index is 833. The normalized spacial score (nSPS) is 19.4. The Balaban J connectivity index is 1.46. The van der Waals surface area contributed by atoms with Crippen LogP contribution in [0.25, 0.3) is 0 Å². The van der Waals surface area contributed by atoms with E-state index in [1.165, 1.54) is 36.0 Å². The fourth-order valence-corrected chi connectivity index (χ4v) is 4.70. The van der Waals surface area contributed by atoms with Crippen molar-refractivity contribution in [2.45, 2.75) is 51.1 Å². The molecule has 2 aromatic rings. The van der Waals surface area contributed by atoms with E-state index in [0.717, 1.165) is 31.5 Å². The third-order valence-corrected chi connectivity index (χ3v) is 6.46. The van der Waals surface area contributed by atoms with Crippen LogP contribution in [0, 0.1) is 6.92 Å². The number of nitrogens with zero attached hydrogens (tertiary/aromatic N) is 1. The number of hydrogen-bond donors (Lipinski definition) is 2. The molecule has 0 radical (unpaired) electrons. The van der Waals surface area contributed by atoms with Crippen LogP contribution in [-0.4, -0.2) is 48.9 Å². The first-order valence-corrected chi connectivity index (χ1v) is 11.2. The molecule has 1 unspecified atom stereocenters. The first-order chi connectivity index (χ1) is 14.6. The molecule has 0 spiro atoms. The summed E-state index contributed by atoms with van der Waals surface area (Å²) in [5.41, 5.74) is 2.24. The first-order valence-electron chi connectivity index (χ1n) is 11.2. The number of amides is 2. The predicted octanol–water partition coefficient (Wildman–Crippen LogP) is 2.12. The Kier molecular flexibility index (Phi) is 6.53. The smallest absolute Gasteiger partial charge is 0.289 e. The molecular weight excluding hydrogens is 378 g/mol. The first kappa shape index (κ1) is 20.7. The van der Waals surface area contributed by atoms with Crippen LogP contribution in [0.15, 0.2) is 47.1 Å². The highest BCUT2D eigenvalue weighted by molar-refractivity contribution is 5.91. The van der Waals surface area contributed by atoms with Gasteiger partial charge in [-0.15, -0.1) is 0 Å². The summed E-state index contributed by atoms with van der Waals surface area (Å²) in [6.07, 6.45) is 7.34. The van der Waals surface area contributed by atoms with Crippen LogP contribution in [0.4, 0.5) is 0 Å². The van der Waals surface area contributed by atoms with Crippen LogP contribution in [0.5, 0.6) is 0 Å². The molecule has 4 rings (SSSR count). The van der Waals surface area contributed by atoms with Crippen molar-refractivity contribution >= 4 is 11.8 Å². The largest absolute Gasteiger partial charge is 0.459 e. The Morgan fingerprint density at radius 1 is 1.07 bits per heavy atom. The molecule has 1 saturated carbocycles. The lowest BCUT2D eigenvalue weighted by Gasteiger charge is -2.36. The summed E-state index contributed by atoms with van der Waals surface area (Å²) in [7, 11) is 0. The SMILES string of the molecule is Cc1ccc(C(C(=O)NC2CCCCC2)[NH+]2CCN(C(=O)c3ccco3)CC2)cc1. The van der Waals surface area contributed by atoms with Gasteiger partial charge in [0.2, 0.25) is 0 Å². The Hall–Kier alpha value is -2.60. The molecule has 1 aliphatic heterocycles. The topological polar surface area (TPSA) is 67.0 Å². The van der Waals surface area contributed by atoms with Gasteiger partial charge in [0, 0.05) is 11.6 Å². The molecule has 0 bridgehead atoms. The maximum Gasteiger partial charge on any atom is 0.289 e. The lowest BCUT2D eigenvalue weighted by molar-refractivity contribution is -0.925. The fourth-order valence-electron chi connectivity index (χ4n) is 4.70. The van der Waals surface area contributed by atoms with Gasteiger partial charge in [0.25, 0.3) is 11.8 Å². The van der Waals surface area contributed by atoms with Crippen LogP contribution in [0.1, 0.15) is 59.8 Å². The molecule has 2 N–H and O–H groups in total. The monoisotopic (exact) mass is 410 g/mol. The average molecular weight is 411 g/mol. The Labute approximate surface area is 178 Å². The van der Waals surface area contributed by atoms with E-state index in [0.29, 0.717) is 24.9 Å². The molecule has 30 heavy (non-hydrogen) atoms. The fraction of sp³-hybridized carbons (Fsp3) is 0.500. The van der Waals surface area contributed by atoms with Gasteiger partial charge in [0.15, 0.2) is 11.8 Å². The molecule has 1 aromatic carbocycles. The lowest BCUT2D eigenvalue weighted by Crippen LogP contribution is -3.16. The third-order valence-electron chi connectivity index (χ3n) is 6.46. The van der Waals surface area contributed by atoms with E-state index in [-0.39, 0.29) is 17.9 Å².